The highest BCUT2D eigenvalue weighted by molar-refractivity contribution is 7.80. The molecule has 4 aromatic rings. The minimum absolute atomic E-state index is 0.102. The maximum Gasteiger partial charge on any atom is 0.170 e. The van der Waals surface area contributed by atoms with Crippen LogP contribution in [0.2, 0.25) is 0 Å². The second-order valence-electron chi connectivity index (χ2n) is 7.18. The predicted octanol–water partition coefficient (Wildman–Crippen LogP) is 4.91. The van der Waals surface area contributed by atoms with Crippen LogP contribution in [0.3, 0.4) is 0 Å². The molecule has 6 heteroatoms. The summed E-state index contributed by atoms with van der Waals surface area (Å²) in [6, 6.07) is 23.9. The van der Waals surface area contributed by atoms with Gasteiger partial charge in [0, 0.05) is 30.7 Å². The number of benzene rings is 1. The molecule has 3 aromatic heterocycles. The molecule has 2 atom stereocenters. The van der Waals surface area contributed by atoms with E-state index >= 15 is 0 Å². The number of rotatable bonds is 5. The second kappa shape index (κ2) is 8.08. The third-order valence-electron chi connectivity index (χ3n) is 5.28. The summed E-state index contributed by atoms with van der Waals surface area (Å²) in [6.07, 6.45) is 5.40. The molecule has 5 rings (SSSR count). The van der Waals surface area contributed by atoms with Crippen LogP contribution in [-0.4, -0.2) is 20.0 Å². The first-order valence-electron chi connectivity index (χ1n) is 9.82. The lowest BCUT2D eigenvalue weighted by atomic mass is 10.0. The molecule has 4 heterocycles. The van der Waals surface area contributed by atoms with E-state index in [1.54, 1.807) is 18.6 Å². The van der Waals surface area contributed by atoms with Crippen molar-refractivity contribution in [2.75, 3.05) is 0 Å². The molecule has 1 aromatic carbocycles. The van der Waals surface area contributed by atoms with Gasteiger partial charge in [-0.3, -0.25) is 9.97 Å². The van der Waals surface area contributed by atoms with Crippen LogP contribution >= 0.6 is 12.2 Å². The smallest absolute Gasteiger partial charge is 0.170 e. The molecule has 1 N–H and O–H groups in total. The van der Waals surface area contributed by atoms with E-state index in [2.05, 4.69) is 20.2 Å². The van der Waals surface area contributed by atoms with Crippen LogP contribution in [0.25, 0.3) is 11.3 Å². The lowest BCUT2D eigenvalue weighted by Crippen LogP contribution is -2.29. The molecule has 0 radical (unpaired) electrons. The Morgan fingerprint density at radius 3 is 2.47 bits per heavy atom. The van der Waals surface area contributed by atoms with Gasteiger partial charge in [0.1, 0.15) is 17.6 Å². The molecule has 2 unspecified atom stereocenters. The summed E-state index contributed by atoms with van der Waals surface area (Å²) in [5.74, 6) is 1.69. The second-order valence-corrected chi connectivity index (χ2v) is 7.56. The maximum absolute atomic E-state index is 6.34. The van der Waals surface area contributed by atoms with E-state index in [1.807, 2.05) is 72.8 Å². The van der Waals surface area contributed by atoms with Crippen LogP contribution in [0.4, 0.5) is 0 Å². The molecule has 1 fully saturated rings. The number of aromatic nitrogens is 2. The number of furan rings is 1. The number of nitrogens with zero attached hydrogens (tertiary/aromatic N) is 3. The van der Waals surface area contributed by atoms with Gasteiger partial charge in [-0.05, 0) is 54.2 Å². The largest absolute Gasteiger partial charge is 0.459 e. The molecule has 30 heavy (non-hydrogen) atoms. The highest BCUT2D eigenvalue weighted by Gasteiger charge is 2.41. The van der Waals surface area contributed by atoms with Crippen molar-refractivity contribution in [3.05, 3.63) is 108 Å². The molecule has 1 aliphatic heterocycles. The Kier molecular flexibility index (Phi) is 4.99. The Balaban J connectivity index is 1.54. The highest BCUT2D eigenvalue weighted by Crippen LogP contribution is 2.41. The predicted molar refractivity (Wildman–Crippen MR) is 119 cm³/mol. The van der Waals surface area contributed by atoms with Gasteiger partial charge in [-0.15, -0.1) is 0 Å². The first-order chi connectivity index (χ1) is 14.8. The minimum Gasteiger partial charge on any atom is -0.459 e. The Hall–Kier alpha value is -3.51. The summed E-state index contributed by atoms with van der Waals surface area (Å²) in [4.78, 5) is 10.9. The minimum atomic E-state index is -0.113. The van der Waals surface area contributed by atoms with E-state index in [4.69, 9.17) is 16.6 Å². The van der Waals surface area contributed by atoms with Crippen molar-refractivity contribution in [2.45, 2.75) is 18.6 Å². The van der Waals surface area contributed by atoms with Gasteiger partial charge in [0.25, 0.3) is 0 Å². The molecule has 0 spiro atoms. The van der Waals surface area contributed by atoms with Gasteiger partial charge in [0.2, 0.25) is 0 Å². The molecule has 0 saturated carbocycles. The Morgan fingerprint density at radius 1 is 0.900 bits per heavy atom. The molecule has 0 amide bonds. The van der Waals surface area contributed by atoms with E-state index < -0.39 is 0 Å². The van der Waals surface area contributed by atoms with Crippen molar-refractivity contribution in [3.63, 3.8) is 0 Å². The van der Waals surface area contributed by atoms with Crippen LogP contribution in [0.15, 0.2) is 95.8 Å². The van der Waals surface area contributed by atoms with E-state index in [1.165, 1.54) is 0 Å². The third-order valence-corrected chi connectivity index (χ3v) is 5.63. The summed E-state index contributed by atoms with van der Waals surface area (Å²) in [5.41, 5.74) is 3.11. The fourth-order valence-corrected chi connectivity index (χ4v) is 4.14. The first-order valence-corrected chi connectivity index (χ1v) is 10.2. The number of hydrogen-bond acceptors (Lipinski definition) is 4. The van der Waals surface area contributed by atoms with Crippen molar-refractivity contribution in [1.82, 2.24) is 20.2 Å². The normalized spacial score (nSPS) is 18.4. The zero-order valence-electron chi connectivity index (χ0n) is 16.2. The van der Waals surface area contributed by atoms with Gasteiger partial charge in [-0.2, -0.15) is 0 Å². The van der Waals surface area contributed by atoms with Crippen LogP contribution in [0.5, 0.6) is 0 Å². The number of pyridine rings is 2. The maximum atomic E-state index is 6.34. The zero-order valence-corrected chi connectivity index (χ0v) is 17.0. The SMILES string of the molecule is S=C1NC(c2ccccn2)C(c2ccc(-c3ccccc3)o2)N1Cc1ccncc1. The fourth-order valence-electron chi connectivity index (χ4n) is 3.84. The molecule has 0 aliphatic carbocycles. The number of hydrogen-bond donors (Lipinski definition) is 1. The van der Waals surface area contributed by atoms with Gasteiger partial charge in [0.15, 0.2) is 5.11 Å². The van der Waals surface area contributed by atoms with Gasteiger partial charge in [-0.25, -0.2) is 0 Å². The summed E-state index contributed by atoms with van der Waals surface area (Å²) < 4.78 is 6.34. The lowest BCUT2D eigenvalue weighted by Gasteiger charge is -2.26. The molecular weight excluding hydrogens is 392 g/mol. The van der Waals surface area contributed by atoms with Crippen LogP contribution in [0, 0.1) is 0 Å². The monoisotopic (exact) mass is 412 g/mol. The van der Waals surface area contributed by atoms with E-state index in [9.17, 15) is 0 Å². The standard InChI is InChI=1S/C24H20N4OS/c30-24-27-22(19-8-4-5-13-26-19)23(28(24)16-17-11-14-25-15-12-17)21-10-9-20(29-21)18-6-2-1-3-7-18/h1-15,22-23H,16H2,(H,27,30). The molecular formula is C24H20N4OS. The van der Waals surface area contributed by atoms with Crippen LogP contribution in [-0.2, 0) is 6.54 Å². The van der Waals surface area contributed by atoms with Crippen LogP contribution in [0.1, 0.15) is 29.1 Å². The summed E-state index contributed by atoms with van der Waals surface area (Å²) in [5, 5.41) is 4.14. The zero-order chi connectivity index (χ0) is 20.3. The Morgan fingerprint density at radius 2 is 1.70 bits per heavy atom. The molecule has 5 nitrogen and oxygen atoms in total. The Bertz CT molecular complexity index is 1130. The van der Waals surface area contributed by atoms with Crippen molar-refractivity contribution in [2.24, 2.45) is 0 Å². The van der Waals surface area contributed by atoms with Crippen molar-refractivity contribution in [1.29, 1.82) is 0 Å². The van der Waals surface area contributed by atoms with Crippen LogP contribution < -0.4 is 5.32 Å². The van der Waals surface area contributed by atoms with Gasteiger partial charge < -0.3 is 14.6 Å². The molecule has 1 aliphatic rings. The summed E-state index contributed by atoms with van der Waals surface area (Å²) in [6.45, 7) is 0.656. The number of nitrogens with one attached hydrogen (secondary N) is 1. The number of thiocarbonyl (C=S) groups is 1. The molecule has 1 saturated heterocycles. The average molecular weight is 413 g/mol. The highest BCUT2D eigenvalue weighted by atomic mass is 32.1. The van der Waals surface area contributed by atoms with Crippen molar-refractivity contribution >= 4 is 17.3 Å². The fraction of sp³-hybridized carbons (Fsp3) is 0.125. The van der Waals surface area contributed by atoms with Gasteiger partial charge in [0.05, 0.1) is 11.7 Å². The molecule has 148 valence electrons. The summed E-state index contributed by atoms with van der Waals surface area (Å²) >= 11 is 5.72. The van der Waals surface area contributed by atoms with Crippen molar-refractivity contribution in [3.8, 4) is 11.3 Å². The van der Waals surface area contributed by atoms with Gasteiger partial charge in [-0.1, -0.05) is 36.4 Å². The molecule has 0 bridgehead atoms. The van der Waals surface area contributed by atoms with Gasteiger partial charge >= 0.3 is 0 Å². The third kappa shape index (κ3) is 3.57. The van der Waals surface area contributed by atoms with E-state index in [-0.39, 0.29) is 12.1 Å². The lowest BCUT2D eigenvalue weighted by molar-refractivity contribution is 0.269. The van der Waals surface area contributed by atoms with Crippen molar-refractivity contribution < 1.29 is 4.42 Å². The van der Waals surface area contributed by atoms with E-state index in [0.29, 0.717) is 11.7 Å². The summed E-state index contributed by atoms with van der Waals surface area (Å²) in [7, 11) is 0. The first kappa shape index (κ1) is 18.5. The topological polar surface area (TPSA) is 54.2 Å². The quantitative estimate of drug-likeness (QED) is 0.470. The van der Waals surface area contributed by atoms with E-state index in [0.717, 1.165) is 28.3 Å². The average Bonchev–Trinajstić information content (AvgIpc) is 3.41. The Labute approximate surface area is 180 Å².